The molecule has 0 aromatic heterocycles. The van der Waals surface area contributed by atoms with Crippen LogP contribution in [0.1, 0.15) is 39.6 Å². The lowest BCUT2D eigenvalue weighted by molar-refractivity contribution is 0.0999. The first-order valence-corrected chi connectivity index (χ1v) is 4.79. The van der Waals surface area contributed by atoms with Crippen LogP contribution in [0.5, 0.6) is 0 Å². The Balaban J connectivity index is 0.00000225. The minimum Gasteiger partial charge on any atom is -0.366 e. The van der Waals surface area contributed by atoms with Gasteiger partial charge in [-0.2, -0.15) is 0 Å². The number of primary amides is 2. The summed E-state index contributed by atoms with van der Waals surface area (Å²) in [6.45, 7) is 1.96. The second-order valence-electron chi connectivity index (χ2n) is 3.31. The van der Waals surface area contributed by atoms with E-state index >= 15 is 0 Å². The molecule has 0 fully saturated rings. The SMILES string of the molecule is CCCc1c(C(N)=O)cccc1C(N)=O.Cl. The number of amides is 2. The second kappa shape index (κ2) is 6.12. The Morgan fingerprint density at radius 3 is 1.88 bits per heavy atom. The molecule has 1 aromatic rings. The van der Waals surface area contributed by atoms with E-state index in [4.69, 9.17) is 11.5 Å². The highest BCUT2D eigenvalue weighted by atomic mass is 35.5. The van der Waals surface area contributed by atoms with Crippen molar-refractivity contribution in [2.24, 2.45) is 11.5 Å². The normalized spacial score (nSPS) is 9.31. The summed E-state index contributed by atoms with van der Waals surface area (Å²) in [6, 6.07) is 4.83. The van der Waals surface area contributed by atoms with Gasteiger partial charge in [0.2, 0.25) is 11.8 Å². The molecule has 0 saturated carbocycles. The number of hydrogen-bond donors (Lipinski definition) is 2. The number of carbonyl (C=O) groups excluding carboxylic acids is 2. The molecule has 5 heteroatoms. The van der Waals surface area contributed by atoms with E-state index in [0.29, 0.717) is 23.1 Å². The van der Waals surface area contributed by atoms with Crippen molar-refractivity contribution >= 4 is 24.2 Å². The maximum absolute atomic E-state index is 11.1. The van der Waals surface area contributed by atoms with Gasteiger partial charge in [-0.15, -0.1) is 12.4 Å². The molecule has 0 spiro atoms. The van der Waals surface area contributed by atoms with Crippen LogP contribution in [-0.4, -0.2) is 11.8 Å². The number of nitrogens with two attached hydrogens (primary N) is 2. The first-order valence-electron chi connectivity index (χ1n) is 4.79. The Morgan fingerprint density at radius 2 is 1.56 bits per heavy atom. The van der Waals surface area contributed by atoms with Crippen LogP contribution in [0.15, 0.2) is 18.2 Å². The molecule has 0 atom stereocenters. The predicted molar refractivity (Wildman–Crippen MR) is 64.7 cm³/mol. The van der Waals surface area contributed by atoms with Crippen molar-refractivity contribution in [3.05, 3.63) is 34.9 Å². The van der Waals surface area contributed by atoms with Crippen LogP contribution in [0.3, 0.4) is 0 Å². The van der Waals surface area contributed by atoms with Crippen LogP contribution < -0.4 is 11.5 Å². The van der Waals surface area contributed by atoms with Gasteiger partial charge in [0.1, 0.15) is 0 Å². The van der Waals surface area contributed by atoms with Gasteiger partial charge < -0.3 is 11.5 Å². The highest BCUT2D eigenvalue weighted by Crippen LogP contribution is 2.16. The molecule has 0 aliphatic heterocycles. The molecular weight excluding hydrogens is 228 g/mol. The molecule has 0 radical (unpaired) electrons. The van der Waals surface area contributed by atoms with E-state index in [9.17, 15) is 9.59 Å². The largest absolute Gasteiger partial charge is 0.366 e. The van der Waals surface area contributed by atoms with E-state index in [2.05, 4.69) is 0 Å². The molecule has 0 unspecified atom stereocenters. The van der Waals surface area contributed by atoms with Crippen molar-refractivity contribution in [3.63, 3.8) is 0 Å². The standard InChI is InChI=1S/C11H14N2O2.ClH/c1-2-4-7-8(10(12)14)5-3-6-9(7)11(13)15;/h3,5-6H,2,4H2,1H3,(H2,12,14)(H2,13,15);1H. The fourth-order valence-electron chi connectivity index (χ4n) is 1.57. The molecule has 0 saturated heterocycles. The molecule has 4 nitrogen and oxygen atoms in total. The molecule has 16 heavy (non-hydrogen) atoms. The summed E-state index contributed by atoms with van der Waals surface area (Å²) in [4.78, 5) is 22.3. The Labute approximate surface area is 100 Å². The van der Waals surface area contributed by atoms with E-state index < -0.39 is 11.8 Å². The van der Waals surface area contributed by atoms with Gasteiger partial charge in [0.05, 0.1) is 0 Å². The first kappa shape index (κ1) is 14.5. The van der Waals surface area contributed by atoms with E-state index in [1.807, 2.05) is 6.92 Å². The van der Waals surface area contributed by atoms with Crippen LogP contribution in [-0.2, 0) is 6.42 Å². The molecule has 1 rings (SSSR count). The average Bonchev–Trinajstić information content (AvgIpc) is 2.17. The van der Waals surface area contributed by atoms with Crippen molar-refractivity contribution in [1.82, 2.24) is 0 Å². The van der Waals surface area contributed by atoms with Crippen LogP contribution in [0.2, 0.25) is 0 Å². The number of carbonyl (C=O) groups is 2. The first-order chi connectivity index (χ1) is 7.07. The van der Waals surface area contributed by atoms with Crippen LogP contribution in [0.4, 0.5) is 0 Å². The Hall–Kier alpha value is -1.55. The van der Waals surface area contributed by atoms with Gasteiger partial charge in [-0.1, -0.05) is 19.4 Å². The fraction of sp³-hybridized carbons (Fsp3) is 0.273. The van der Waals surface area contributed by atoms with E-state index in [-0.39, 0.29) is 12.4 Å². The average molecular weight is 243 g/mol. The van der Waals surface area contributed by atoms with Crippen molar-refractivity contribution in [3.8, 4) is 0 Å². The highest BCUT2D eigenvalue weighted by molar-refractivity contribution is 6.00. The number of halogens is 1. The van der Waals surface area contributed by atoms with Gasteiger partial charge in [-0.3, -0.25) is 9.59 Å². The lowest BCUT2D eigenvalue weighted by atomic mass is 9.96. The van der Waals surface area contributed by atoms with Gasteiger partial charge in [-0.05, 0) is 24.1 Å². The van der Waals surface area contributed by atoms with E-state index in [0.717, 1.165) is 6.42 Å². The maximum atomic E-state index is 11.1. The van der Waals surface area contributed by atoms with Gasteiger partial charge in [-0.25, -0.2) is 0 Å². The third-order valence-corrected chi connectivity index (χ3v) is 2.21. The van der Waals surface area contributed by atoms with E-state index in [1.165, 1.54) is 0 Å². The zero-order chi connectivity index (χ0) is 11.4. The summed E-state index contributed by atoms with van der Waals surface area (Å²) in [5, 5.41) is 0. The minimum atomic E-state index is -0.526. The van der Waals surface area contributed by atoms with Crippen LogP contribution >= 0.6 is 12.4 Å². The molecule has 2 amide bonds. The van der Waals surface area contributed by atoms with Crippen LogP contribution in [0.25, 0.3) is 0 Å². The summed E-state index contributed by atoms with van der Waals surface area (Å²) in [5.74, 6) is -1.05. The number of rotatable bonds is 4. The smallest absolute Gasteiger partial charge is 0.249 e. The molecule has 88 valence electrons. The van der Waals surface area contributed by atoms with Gasteiger partial charge in [0, 0.05) is 11.1 Å². The fourth-order valence-corrected chi connectivity index (χ4v) is 1.57. The molecule has 0 heterocycles. The van der Waals surface area contributed by atoms with Gasteiger partial charge in [0.15, 0.2) is 0 Å². The maximum Gasteiger partial charge on any atom is 0.249 e. The van der Waals surface area contributed by atoms with Crippen molar-refractivity contribution in [2.75, 3.05) is 0 Å². The summed E-state index contributed by atoms with van der Waals surface area (Å²) >= 11 is 0. The third-order valence-electron chi connectivity index (χ3n) is 2.21. The number of hydrogen-bond acceptors (Lipinski definition) is 2. The lowest BCUT2D eigenvalue weighted by Crippen LogP contribution is -2.19. The van der Waals surface area contributed by atoms with Crippen molar-refractivity contribution in [2.45, 2.75) is 19.8 Å². The van der Waals surface area contributed by atoms with Crippen molar-refractivity contribution in [1.29, 1.82) is 0 Å². The predicted octanol–water partition coefficient (Wildman–Crippen LogP) is 1.26. The molecule has 0 aliphatic carbocycles. The molecule has 4 N–H and O–H groups in total. The zero-order valence-corrected chi connectivity index (χ0v) is 9.84. The molecule has 0 bridgehead atoms. The Bertz CT molecular complexity index is 373. The quantitative estimate of drug-likeness (QED) is 0.833. The van der Waals surface area contributed by atoms with Gasteiger partial charge in [0.25, 0.3) is 0 Å². The monoisotopic (exact) mass is 242 g/mol. The molecule has 1 aromatic carbocycles. The summed E-state index contributed by atoms with van der Waals surface area (Å²) in [5.41, 5.74) is 11.9. The van der Waals surface area contributed by atoms with Crippen LogP contribution in [0, 0.1) is 0 Å². The summed E-state index contributed by atoms with van der Waals surface area (Å²) < 4.78 is 0. The third kappa shape index (κ3) is 2.97. The topological polar surface area (TPSA) is 86.2 Å². The highest BCUT2D eigenvalue weighted by Gasteiger charge is 2.14. The van der Waals surface area contributed by atoms with Gasteiger partial charge >= 0.3 is 0 Å². The minimum absolute atomic E-state index is 0. The number of benzene rings is 1. The zero-order valence-electron chi connectivity index (χ0n) is 9.03. The lowest BCUT2D eigenvalue weighted by Gasteiger charge is -2.09. The Morgan fingerprint density at radius 1 is 1.12 bits per heavy atom. The molecular formula is C11H15ClN2O2. The van der Waals surface area contributed by atoms with Crippen molar-refractivity contribution < 1.29 is 9.59 Å². The summed E-state index contributed by atoms with van der Waals surface area (Å²) in [7, 11) is 0. The Kier molecular flexibility index (Phi) is 5.53. The van der Waals surface area contributed by atoms with E-state index in [1.54, 1.807) is 18.2 Å². The summed E-state index contributed by atoms with van der Waals surface area (Å²) in [6.07, 6.45) is 1.45. The molecule has 0 aliphatic rings. The second-order valence-corrected chi connectivity index (χ2v) is 3.31.